The van der Waals surface area contributed by atoms with Crippen LogP contribution in [-0.4, -0.2) is 17.5 Å². The van der Waals surface area contributed by atoms with E-state index in [0.717, 1.165) is 24.8 Å². The van der Waals surface area contributed by atoms with Gasteiger partial charge in [0.1, 0.15) is 0 Å². The molecule has 0 saturated carbocycles. The van der Waals surface area contributed by atoms with Crippen LogP contribution in [0.25, 0.3) is 0 Å². The van der Waals surface area contributed by atoms with Gasteiger partial charge in [0.15, 0.2) is 5.78 Å². The van der Waals surface area contributed by atoms with Crippen LogP contribution in [0.3, 0.4) is 0 Å². The first kappa shape index (κ1) is 11.7. The number of unbranched alkanes of at least 4 members (excludes halogenated alkanes) is 2. The number of hydrogen-bond donors (Lipinski definition) is 1. The third-order valence-electron chi connectivity index (χ3n) is 2.11. The molecule has 0 heterocycles. The van der Waals surface area contributed by atoms with Gasteiger partial charge in [-0.05, 0) is 25.3 Å². The van der Waals surface area contributed by atoms with E-state index in [-0.39, 0.29) is 12.4 Å². The van der Waals surface area contributed by atoms with E-state index in [9.17, 15) is 4.79 Å². The van der Waals surface area contributed by atoms with Crippen LogP contribution in [0.15, 0.2) is 42.5 Å². The molecule has 1 N–H and O–H groups in total. The smallest absolute Gasteiger partial charge is 0.185 e. The predicted octanol–water partition coefficient (Wildman–Crippen LogP) is 2.59. The Morgan fingerprint density at radius 3 is 2.60 bits per heavy atom. The number of carbonyl (C=O) groups is 1. The Kier molecular flexibility index (Phi) is 5.41. The molecule has 2 nitrogen and oxygen atoms in total. The summed E-state index contributed by atoms with van der Waals surface area (Å²) in [5.41, 5.74) is 0.718. The molecule has 1 aromatic carbocycles. The number of carbonyl (C=O) groups excluding carboxylic acids is 1. The molecule has 0 amide bonds. The molecule has 1 rings (SSSR count). The van der Waals surface area contributed by atoms with E-state index in [4.69, 9.17) is 5.11 Å². The number of ketones is 1. The first-order valence-electron chi connectivity index (χ1n) is 5.21. The van der Waals surface area contributed by atoms with Gasteiger partial charge in [-0.25, -0.2) is 0 Å². The van der Waals surface area contributed by atoms with Gasteiger partial charge in [0, 0.05) is 12.2 Å². The van der Waals surface area contributed by atoms with Gasteiger partial charge in [0.25, 0.3) is 0 Å². The number of rotatable bonds is 6. The van der Waals surface area contributed by atoms with Crippen LogP contribution < -0.4 is 0 Å². The Morgan fingerprint density at radius 1 is 1.20 bits per heavy atom. The van der Waals surface area contributed by atoms with Gasteiger partial charge in [-0.3, -0.25) is 4.79 Å². The molecule has 15 heavy (non-hydrogen) atoms. The summed E-state index contributed by atoms with van der Waals surface area (Å²) in [4.78, 5) is 11.5. The van der Waals surface area contributed by atoms with Crippen molar-refractivity contribution in [1.29, 1.82) is 0 Å². The highest BCUT2D eigenvalue weighted by Gasteiger charge is 1.98. The lowest BCUT2D eigenvalue weighted by molar-refractivity contribution is 0.104. The molecule has 0 aromatic heterocycles. The van der Waals surface area contributed by atoms with E-state index in [1.807, 2.05) is 24.3 Å². The van der Waals surface area contributed by atoms with Crippen molar-refractivity contribution in [2.45, 2.75) is 19.3 Å². The summed E-state index contributed by atoms with van der Waals surface area (Å²) in [6, 6.07) is 9.21. The van der Waals surface area contributed by atoms with Crippen molar-refractivity contribution in [2.24, 2.45) is 0 Å². The van der Waals surface area contributed by atoms with Crippen LogP contribution in [0, 0.1) is 0 Å². The zero-order valence-corrected chi connectivity index (χ0v) is 8.73. The largest absolute Gasteiger partial charge is 0.396 e. The van der Waals surface area contributed by atoms with Gasteiger partial charge in [0.05, 0.1) is 0 Å². The summed E-state index contributed by atoms with van der Waals surface area (Å²) in [7, 11) is 0. The second kappa shape index (κ2) is 6.96. The molecular formula is C13H16O2. The number of hydrogen-bond acceptors (Lipinski definition) is 2. The highest BCUT2D eigenvalue weighted by Crippen LogP contribution is 2.02. The number of allylic oxidation sites excluding steroid dienone is 2. The zero-order chi connectivity index (χ0) is 10.9. The Morgan fingerprint density at radius 2 is 1.93 bits per heavy atom. The summed E-state index contributed by atoms with van der Waals surface area (Å²) in [5.74, 6) is 0.0413. The van der Waals surface area contributed by atoms with Crippen molar-refractivity contribution < 1.29 is 9.90 Å². The minimum atomic E-state index is 0.0413. The summed E-state index contributed by atoms with van der Waals surface area (Å²) >= 11 is 0. The first-order valence-corrected chi connectivity index (χ1v) is 5.21. The lowest BCUT2D eigenvalue weighted by atomic mass is 10.1. The Hall–Kier alpha value is -1.41. The van der Waals surface area contributed by atoms with Gasteiger partial charge < -0.3 is 5.11 Å². The van der Waals surface area contributed by atoms with Crippen molar-refractivity contribution in [3.8, 4) is 0 Å². The summed E-state index contributed by atoms with van der Waals surface area (Å²) in [6.45, 7) is 0.223. The molecule has 0 aliphatic carbocycles. The number of benzene rings is 1. The summed E-state index contributed by atoms with van der Waals surface area (Å²) < 4.78 is 0. The average molecular weight is 204 g/mol. The van der Waals surface area contributed by atoms with Gasteiger partial charge in [-0.1, -0.05) is 36.4 Å². The maximum absolute atomic E-state index is 11.5. The molecule has 0 aliphatic heterocycles. The minimum absolute atomic E-state index is 0.0413. The van der Waals surface area contributed by atoms with Crippen LogP contribution >= 0.6 is 0 Å². The quantitative estimate of drug-likeness (QED) is 0.439. The molecule has 0 fully saturated rings. The number of aliphatic hydroxyl groups is 1. The first-order chi connectivity index (χ1) is 7.34. The monoisotopic (exact) mass is 204 g/mol. The van der Waals surface area contributed by atoms with E-state index < -0.39 is 0 Å². The Balaban J connectivity index is 2.36. The van der Waals surface area contributed by atoms with E-state index in [2.05, 4.69) is 0 Å². The summed E-state index contributed by atoms with van der Waals surface area (Å²) in [6.07, 6.45) is 6.04. The normalized spacial score (nSPS) is 10.7. The highest BCUT2D eigenvalue weighted by molar-refractivity contribution is 6.04. The van der Waals surface area contributed by atoms with Crippen LogP contribution in [0.2, 0.25) is 0 Å². The molecule has 0 aliphatic rings. The topological polar surface area (TPSA) is 37.3 Å². The Labute approximate surface area is 90.3 Å². The van der Waals surface area contributed by atoms with Crippen molar-refractivity contribution >= 4 is 5.78 Å². The molecule has 0 atom stereocenters. The van der Waals surface area contributed by atoms with Gasteiger partial charge >= 0.3 is 0 Å². The molecule has 0 saturated heterocycles. The zero-order valence-electron chi connectivity index (χ0n) is 8.73. The molecule has 0 unspecified atom stereocenters. The molecule has 0 spiro atoms. The standard InChI is InChI=1S/C13H16O2/c14-11-7-2-1-6-10-13(15)12-8-4-3-5-9-12/h3-6,8-10,14H,1-2,7,11H2/b10-6+. The van der Waals surface area contributed by atoms with E-state index >= 15 is 0 Å². The van der Waals surface area contributed by atoms with Gasteiger partial charge in [0.2, 0.25) is 0 Å². The van der Waals surface area contributed by atoms with Crippen LogP contribution in [0.4, 0.5) is 0 Å². The Bertz CT molecular complexity index is 315. The fraction of sp³-hybridized carbons (Fsp3) is 0.308. The third-order valence-corrected chi connectivity index (χ3v) is 2.11. The van der Waals surface area contributed by atoms with Gasteiger partial charge in [-0.15, -0.1) is 0 Å². The van der Waals surface area contributed by atoms with Crippen LogP contribution in [0.5, 0.6) is 0 Å². The second-order valence-electron chi connectivity index (χ2n) is 3.35. The van der Waals surface area contributed by atoms with Crippen molar-refractivity contribution in [3.05, 3.63) is 48.0 Å². The predicted molar refractivity (Wildman–Crippen MR) is 60.8 cm³/mol. The lowest BCUT2D eigenvalue weighted by Crippen LogP contribution is -1.92. The van der Waals surface area contributed by atoms with Gasteiger partial charge in [-0.2, -0.15) is 0 Å². The molecule has 2 heteroatoms. The van der Waals surface area contributed by atoms with Crippen molar-refractivity contribution in [2.75, 3.05) is 6.61 Å². The average Bonchev–Trinajstić information content (AvgIpc) is 2.30. The van der Waals surface area contributed by atoms with E-state index in [1.165, 1.54) is 0 Å². The fourth-order valence-electron chi connectivity index (χ4n) is 1.26. The number of aliphatic hydroxyl groups excluding tert-OH is 1. The molecular weight excluding hydrogens is 188 g/mol. The minimum Gasteiger partial charge on any atom is -0.396 e. The fourth-order valence-corrected chi connectivity index (χ4v) is 1.26. The van der Waals surface area contributed by atoms with E-state index in [1.54, 1.807) is 18.2 Å². The molecule has 80 valence electrons. The maximum Gasteiger partial charge on any atom is 0.185 e. The highest BCUT2D eigenvalue weighted by atomic mass is 16.2. The third kappa shape index (κ3) is 4.56. The summed E-state index contributed by atoms with van der Waals surface area (Å²) in [5, 5.41) is 8.56. The van der Waals surface area contributed by atoms with Crippen LogP contribution in [0.1, 0.15) is 29.6 Å². The maximum atomic E-state index is 11.5. The second-order valence-corrected chi connectivity index (χ2v) is 3.35. The van der Waals surface area contributed by atoms with Crippen molar-refractivity contribution in [1.82, 2.24) is 0 Å². The van der Waals surface area contributed by atoms with Crippen LogP contribution in [-0.2, 0) is 0 Å². The van der Waals surface area contributed by atoms with E-state index in [0.29, 0.717) is 0 Å². The molecule has 1 aromatic rings. The lowest BCUT2D eigenvalue weighted by Gasteiger charge is -1.94. The molecule has 0 bridgehead atoms. The SMILES string of the molecule is O=C(/C=C/CCCCO)c1ccccc1. The molecule has 0 radical (unpaired) electrons. The van der Waals surface area contributed by atoms with Crippen molar-refractivity contribution in [3.63, 3.8) is 0 Å².